The van der Waals surface area contributed by atoms with Gasteiger partial charge in [-0.05, 0) is 25.1 Å². The van der Waals surface area contributed by atoms with Crippen LogP contribution in [0.15, 0.2) is 23.1 Å². The molecule has 1 aromatic carbocycles. The molecule has 0 aliphatic rings. The molecule has 0 amide bonds. The lowest BCUT2D eigenvalue weighted by Crippen LogP contribution is -2.17. The van der Waals surface area contributed by atoms with E-state index in [1.54, 1.807) is 6.92 Å². The standard InChI is InChI=1S/C11H13FO4S/c1-7(6-16-2)17(15)8-3-4-10(12)9(5-8)11(13)14/h3-5,7H,6H2,1-2H3,(H,13,14). The molecule has 0 aliphatic heterocycles. The Hall–Kier alpha value is -1.27. The number of hydrogen-bond donors (Lipinski definition) is 1. The number of halogens is 1. The molecule has 0 aliphatic carbocycles. The monoisotopic (exact) mass is 260 g/mol. The number of aromatic carboxylic acids is 1. The third-order valence-corrected chi connectivity index (χ3v) is 3.75. The molecule has 0 aromatic heterocycles. The maximum atomic E-state index is 13.1. The van der Waals surface area contributed by atoms with Crippen LogP contribution in [0.4, 0.5) is 4.39 Å². The highest BCUT2D eigenvalue weighted by molar-refractivity contribution is 7.85. The number of rotatable bonds is 5. The Kier molecular flexibility index (Phi) is 4.77. The van der Waals surface area contributed by atoms with Crippen LogP contribution < -0.4 is 0 Å². The molecule has 1 N–H and O–H groups in total. The van der Waals surface area contributed by atoms with Crippen LogP contribution >= 0.6 is 0 Å². The maximum absolute atomic E-state index is 13.1. The Bertz CT molecular complexity index is 447. The number of carboxylic acids is 1. The van der Waals surface area contributed by atoms with Gasteiger partial charge in [-0.15, -0.1) is 0 Å². The van der Waals surface area contributed by atoms with Crippen LogP contribution in [0.1, 0.15) is 17.3 Å². The zero-order chi connectivity index (χ0) is 13.0. The minimum Gasteiger partial charge on any atom is -0.478 e. The molecular weight excluding hydrogens is 247 g/mol. The Morgan fingerprint density at radius 1 is 1.59 bits per heavy atom. The minimum atomic E-state index is -1.42. The summed E-state index contributed by atoms with van der Waals surface area (Å²) in [6.45, 7) is 2.00. The van der Waals surface area contributed by atoms with Crippen molar-refractivity contribution in [3.05, 3.63) is 29.6 Å². The average molecular weight is 260 g/mol. The first-order valence-electron chi connectivity index (χ1n) is 4.89. The first kappa shape index (κ1) is 13.8. The molecule has 2 atom stereocenters. The summed E-state index contributed by atoms with van der Waals surface area (Å²) in [5.41, 5.74) is -0.472. The van der Waals surface area contributed by atoms with Gasteiger partial charge in [-0.2, -0.15) is 0 Å². The number of ether oxygens (including phenoxy) is 1. The second-order valence-electron chi connectivity index (χ2n) is 3.51. The molecule has 0 saturated carbocycles. The molecule has 4 nitrogen and oxygen atoms in total. The number of carbonyl (C=O) groups is 1. The molecular formula is C11H13FO4S. The van der Waals surface area contributed by atoms with Gasteiger partial charge in [-0.25, -0.2) is 9.18 Å². The van der Waals surface area contributed by atoms with Crippen molar-refractivity contribution in [1.82, 2.24) is 0 Å². The molecule has 2 unspecified atom stereocenters. The predicted octanol–water partition coefficient (Wildman–Crippen LogP) is 1.67. The molecule has 1 rings (SSSR count). The van der Waals surface area contributed by atoms with Crippen LogP contribution in [0.25, 0.3) is 0 Å². The second kappa shape index (κ2) is 5.88. The van der Waals surface area contributed by atoms with Crippen LogP contribution in [-0.4, -0.2) is 34.3 Å². The van der Waals surface area contributed by atoms with Gasteiger partial charge in [0.2, 0.25) is 0 Å². The molecule has 17 heavy (non-hydrogen) atoms. The van der Waals surface area contributed by atoms with Gasteiger partial charge in [-0.3, -0.25) is 4.21 Å². The highest BCUT2D eigenvalue weighted by atomic mass is 32.2. The number of methoxy groups -OCH3 is 1. The SMILES string of the molecule is COCC(C)S(=O)c1ccc(F)c(C(=O)O)c1. The van der Waals surface area contributed by atoms with Crippen LogP contribution in [0, 0.1) is 5.82 Å². The quantitative estimate of drug-likeness (QED) is 0.874. The lowest BCUT2D eigenvalue weighted by atomic mass is 10.2. The van der Waals surface area contributed by atoms with Crippen molar-refractivity contribution < 1.29 is 23.2 Å². The molecule has 0 heterocycles. The van der Waals surface area contributed by atoms with E-state index in [4.69, 9.17) is 9.84 Å². The average Bonchev–Trinajstić information content (AvgIpc) is 2.28. The van der Waals surface area contributed by atoms with Crippen LogP contribution in [-0.2, 0) is 15.5 Å². The lowest BCUT2D eigenvalue weighted by molar-refractivity contribution is 0.0691. The molecule has 0 spiro atoms. The summed E-state index contributed by atoms with van der Waals surface area (Å²) in [5.74, 6) is -2.21. The predicted molar refractivity (Wildman–Crippen MR) is 61.1 cm³/mol. The minimum absolute atomic E-state index is 0.284. The number of hydrogen-bond acceptors (Lipinski definition) is 3. The van der Waals surface area contributed by atoms with Gasteiger partial charge in [0.15, 0.2) is 0 Å². The third-order valence-electron chi connectivity index (χ3n) is 2.17. The molecule has 0 radical (unpaired) electrons. The van der Waals surface area contributed by atoms with Crippen molar-refractivity contribution in [3.8, 4) is 0 Å². The molecule has 6 heteroatoms. The summed E-state index contributed by atoms with van der Waals surface area (Å²) in [6.07, 6.45) is 0. The summed E-state index contributed by atoms with van der Waals surface area (Å²) in [5, 5.41) is 8.47. The highest BCUT2D eigenvalue weighted by Crippen LogP contribution is 2.16. The van der Waals surface area contributed by atoms with Gasteiger partial charge in [-0.1, -0.05) is 0 Å². The lowest BCUT2D eigenvalue weighted by Gasteiger charge is -2.10. The number of benzene rings is 1. The van der Waals surface area contributed by atoms with E-state index in [-0.39, 0.29) is 16.8 Å². The van der Waals surface area contributed by atoms with Crippen LogP contribution in [0.5, 0.6) is 0 Å². The van der Waals surface area contributed by atoms with E-state index in [0.29, 0.717) is 0 Å². The fraction of sp³-hybridized carbons (Fsp3) is 0.364. The Morgan fingerprint density at radius 2 is 2.24 bits per heavy atom. The first-order valence-corrected chi connectivity index (χ1v) is 6.11. The normalized spacial score (nSPS) is 14.3. The van der Waals surface area contributed by atoms with Crippen molar-refractivity contribution in [2.24, 2.45) is 0 Å². The zero-order valence-corrected chi connectivity index (χ0v) is 10.3. The largest absolute Gasteiger partial charge is 0.478 e. The van der Waals surface area contributed by atoms with Crippen molar-refractivity contribution in [3.63, 3.8) is 0 Å². The van der Waals surface area contributed by atoms with E-state index in [1.807, 2.05) is 0 Å². The van der Waals surface area contributed by atoms with Gasteiger partial charge in [0.25, 0.3) is 0 Å². The van der Waals surface area contributed by atoms with E-state index < -0.39 is 28.1 Å². The van der Waals surface area contributed by atoms with Gasteiger partial charge in [0.1, 0.15) is 5.82 Å². The highest BCUT2D eigenvalue weighted by Gasteiger charge is 2.17. The summed E-state index contributed by atoms with van der Waals surface area (Å²) in [7, 11) is 0.0690. The first-order chi connectivity index (χ1) is 7.97. The van der Waals surface area contributed by atoms with Crippen molar-refractivity contribution in [2.45, 2.75) is 17.1 Å². The second-order valence-corrected chi connectivity index (χ2v) is 5.38. The van der Waals surface area contributed by atoms with E-state index in [9.17, 15) is 13.4 Å². The van der Waals surface area contributed by atoms with Gasteiger partial charge in [0.05, 0.1) is 28.2 Å². The summed E-state index contributed by atoms with van der Waals surface area (Å²) < 4.78 is 29.9. The van der Waals surface area contributed by atoms with Gasteiger partial charge in [0, 0.05) is 12.0 Å². The van der Waals surface area contributed by atoms with E-state index in [2.05, 4.69) is 0 Å². The molecule has 0 fully saturated rings. The Morgan fingerprint density at radius 3 is 2.76 bits per heavy atom. The summed E-state index contributed by atoms with van der Waals surface area (Å²) >= 11 is 0. The van der Waals surface area contributed by atoms with Crippen molar-refractivity contribution in [2.75, 3.05) is 13.7 Å². The fourth-order valence-corrected chi connectivity index (χ4v) is 2.48. The third kappa shape index (κ3) is 3.34. The van der Waals surface area contributed by atoms with Crippen molar-refractivity contribution >= 4 is 16.8 Å². The summed E-state index contributed by atoms with van der Waals surface area (Å²) in [6, 6.07) is 3.43. The fourth-order valence-electron chi connectivity index (χ4n) is 1.32. The topological polar surface area (TPSA) is 63.6 Å². The molecule has 1 aromatic rings. The van der Waals surface area contributed by atoms with Crippen molar-refractivity contribution in [1.29, 1.82) is 0 Å². The van der Waals surface area contributed by atoms with Crippen LogP contribution in [0.2, 0.25) is 0 Å². The van der Waals surface area contributed by atoms with Crippen LogP contribution in [0.3, 0.4) is 0 Å². The molecule has 0 bridgehead atoms. The van der Waals surface area contributed by atoms with Gasteiger partial charge < -0.3 is 9.84 Å². The van der Waals surface area contributed by atoms with E-state index >= 15 is 0 Å². The summed E-state index contributed by atoms with van der Waals surface area (Å²) in [4.78, 5) is 11.0. The zero-order valence-electron chi connectivity index (χ0n) is 9.47. The Balaban J connectivity index is 3.03. The number of carboxylic acid groups (broad SMARTS) is 1. The van der Waals surface area contributed by atoms with E-state index in [1.165, 1.54) is 13.2 Å². The Labute approximate surface area is 101 Å². The van der Waals surface area contributed by atoms with E-state index in [0.717, 1.165) is 12.1 Å². The molecule has 94 valence electrons. The van der Waals surface area contributed by atoms with Gasteiger partial charge >= 0.3 is 5.97 Å². The smallest absolute Gasteiger partial charge is 0.338 e. The molecule has 0 saturated heterocycles. The maximum Gasteiger partial charge on any atom is 0.338 e.